The van der Waals surface area contributed by atoms with E-state index in [-0.39, 0.29) is 18.2 Å². The van der Waals surface area contributed by atoms with Gasteiger partial charge in [-0.1, -0.05) is 60.7 Å². The lowest BCUT2D eigenvalue weighted by atomic mass is 10.0. The summed E-state index contributed by atoms with van der Waals surface area (Å²) in [4.78, 5) is 58.0. The van der Waals surface area contributed by atoms with Crippen LogP contribution in [0.15, 0.2) is 94.6 Å². The van der Waals surface area contributed by atoms with Crippen molar-refractivity contribution in [2.45, 2.75) is 24.9 Å². The molecule has 5 rings (SSSR count). The number of benzene rings is 3. The fraction of sp³-hybridized carbons (Fsp3) is 0.143. The van der Waals surface area contributed by atoms with E-state index in [9.17, 15) is 24.3 Å². The molecule has 0 aliphatic rings. The number of rotatable bonds is 8. The van der Waals surface area contributed by atoms with Gasteiger partial charge in [0.15, 0.2) is 0 Å². The van der Waals surface area contributed by atoms with Crippen molar-refractivity contribution in [1.29, 1.82) is 0 Å². The zero-order valence-corrected chi connectivity index (χ0v) is 19.7. The molecule has 9 heteroatoms. The van der Waals surface area contributed by atoms with Gasteiger partial charge in [-0.3, -0.25) is 9.59 Å². The number of para-hydroxylation sites is 2. The zero-order valence-electron chi connectivity index (χ0n) is 19.7. The molecule has 2 heterocycles. The number of hydrogen-bond donors (Lipinski definition) is 4. The first-order valence-corrected chi connectivity index (χ1v) is 11.8. The van der Waals surface area contributed by atoms with Gasteiger partial charge in [0.2, 0.25) is 5.91 Å². The molecule has 1 amide bonds. The normalized spacial score (nSPS) is 12.9. The molecule has 0 radical (unpaired) electrons. The Bertz CT molecular complexity index is 1720. The molecule has 0 bridgehead atoms. The number of carbonyl (C=O) groups excluding carboxylic acids is 1. The number of nitrogens with one attached hydrogen (secondary N) is 3. The van der Waals surface area contributed by atoms with Crippen LogP contribution in [0.5, 0.6) is 0 Å². The van der Waals surface area contributed by atoms with E-state index >= 15 is 0 Å². The number of H-pyrrole nitrogens is 2. The minimum Gasteiger partial charge on any atom is -0.480 e. The molecule has 4 N–H and O–H groups in total. The maximum Gasteiger partial charge on any atom is 0.329 e. The van der Waals surface area contributed by atoms with E-state index in [1.54, 1.807) is 54.7 Å². The van der Waals surface area contributed by atoms with Crippen LogP contribution in [0.4, 0.5) is 0 Å². The molecule has 0 aliphatic heterocycles. The van der Waals surface area contributed by atoms with Crippen LogP contribution in [-0.2, 0) is 22.4 Å². The SMILES string of the molecule is O=C(O)C(Cc1ccccc1)NC(=O)C(Cc1c[nH]c2ccccc12)n1c(=O)[nH]c2ccccc2c1=O. The Morgan fingerprint density at radius 3 is 2.22 bits per heavy atom. The van der Waals surface area contributed by atoms with Crippen LogP contribution in [0.2, 0.25) is 0 Å². The minimum absolute atomic E-state index is 0.00511. The molecule has 0 fully saturated rings. The lowest BCUT2D eigenvalue weighted by Crippen LogP contribution is -2.50. The summed E-state index contributed by atoms with van der Waals surface area (Å²) in [6, 6.07) is 20.4. The van der Waals surface area contributed by atoms with Gasteiger partial charge in [-0.25, -0.2) is 14.2 Å². The van der Waals surface area contributed by atoms with Crippen LogP contribution in [0.3, 0.4) is 0 Å². The highest BCUT2D eigenvalue weighted by atomic mass is 16.4. The van der Waals surface area contributed by atoms with Crippen LogP contribution >= 0.6 is 0 Å². The average Bonchev–Trinajstić information content (AvgIpc) is 3.31. The van der Waals surface area contributed by atoms with E-state index < -0.39 is 35.2 Å². The first-order chi connectivity index (χ1) is 17.9. The summed E-state index contributed by atoms with van der Waals surface area (Å²) < 4.78 is 0.876. The smallest absolute Gasteiger partial charge is 0.329 e. The third-order valence-electron chi connectivity index (χ3n) is 6.44. The largest absolute Gasteiger partial charge is 0.480 e. The summed E-state index contributed by atoms with van der Waals surface area (Å²) in [7, 11) is 0. The van der Waals surface area contributed by atoms with Crippen LogP contribution in [0.25, 0.3) is 21.8 Å². The van der Waals surface area contributed by atoms with Gasteiger partial charge in [-0.15, -0.1) is 0 Å². The molecular formula is C28H24N4O5. The molecule has 3 aromatic carbocycles. The number of aromatic nitrogens is 3. The highest BCUT2D eigenvalue weighted by Gasteiger charge is 2.30. The van der Waals surface area contributed by atoms with Gasteiger partial charge in [0, 0.05) is 29.9 Å². The Kier molecular flexibility index (Phi) is 6.42. The molecular weight excluding hydrogens is 472 g/mol. The van der Waals surface area contributed by atoms with Crippen molar-refractivity contribution in [2.75, 3.05) is 0 Å². The number of hydrogen-bond acceptors (Lipinski definition) is 4. The van der Waals surface area contributed by atoms with Crippen LogP contribution in [0, 0.1) is 0 Å². The van der Waals surface area contributed by atoms with Gasteiger partial charge in [-0.05, 0) is 29.3 Å². The molecule has 2 atom stereocenters. The van der Waals surface area contributed by atoms with Crippen molar-refractivity contribution < 1.29 is 14.7 Å². The second kappa shape index (κ2) is 9.98. The topological polar surface area (TPSA) is 137 Å². The van der Waals surface area contributed by atoms with E-state index in [0.29, 0.717) is 11.1 Å². The van der Waals surface area contributed by atoms with Gasteiger partial charge in [-0.2, -0.15) is 0 Å². The summed E-state index contributed by atoms with van der Waals surface area (Å²) in [6.45, 7) is 0. The van der Waals surface area contributed by atoms with Crippen LogP contribution < -0.4 is 16.6 Å². The van der Waals surface area contributed by atoms with Crippen molar-refractivity contribution in [1.82, 2.24) is 19.9 Å². The molecule has 2 unspecified atom stereocenters. The molecule has 5 aromatic rings. The maximum atomic E-state index is 13.7. The van der Waals surface area contributed by atoms with E-state index in [4.69, 9.17) is 0 Å². The third kappa shape index (κ3) is 4.79. The second-order valence-electron chi connectivity index (χ2n) is 8.82. The Hall–Kier alpha value is -4.92. The Balaban J connectivity index is 1.57. The highest BCUT2D eigenvalue weighted by molar-refractivity contribution is 5.88. The van der Waals surface area contributed by atoms with E-state index in [0.717, 1.165) is 21.0 Å². The summed E-state index contributed by atoms with van der Waals surface area (Å²) in [5.74, 6) is -1.96. The number of aliphatic carboxylic acids is 1. The first kappa shape index (κ1) is 23.8. The lowest BCUT2D eigenvalue weighted by molar-refractivity contribution is -0.142. The highest BCUT2D eigenvalue weighted by Crippen LogP contribution is 2.22. The number of amides is 1. The molecule has 0 spiro atoms. The summed E-state index contributed by atoms with van der Waals surface area (Å²) in [6.07, 6.45) is 1.77. The molecule has 37 heavy (non-hydrogen) atoms. The summed E-state index contributed by atoms with van der Waals surface area (Å²) in [5, 5.41) is 13.5. The molecule has 0 saturated carbocycles. The molecule has 186 valence electrons. The summed E-state index contributed by atoms with van der Waals surface area (Å²) in [5.41, 5.74) is 1.25. The molecule has 9 nitrogen and oxygen atoms in total. The average molecular weight is 497 g/mol. The summed E-state index contributed by atoms with van der Waals surface area (Å²) >= 11 is 0. The molecule has 0 aliphatic carbocycles. The van der Waals surface area contributed by atoms with Crippen LogP contribution in [-0.4, -0.2) is 37.6 Å². The predicted octanol–water partition coefficient (Wildman–Crippen LogP) is 2.77. The number of carbonyl (C=O) groups is 2. The Morgan fingerprint density at radius 1 is 0.838 bits per heavy atom. The van der Waals surface area contributed by atoms with Gasteiger partial charge in [0.1, 0.15) is 12.1 Å². The second-order valence-corrected chi connectivity index (χ2v) is 8.82. The van der Waals surface area contributed by atoms with Crippen molar-refractivity contribution in [3.05, 3.63) is 117 Å². The number of fused-ring (bicyclic) bond motifs is 2. The lowest BCUT2D eigenvalue weighted by Gasteiger charge is -2.22. The quantitative estimate of drug-likeness (QED) is 0.262. The fourth-order valence-corrected chi connectivity index (χ4v) is 4.59. The van der Waals surface area contributed by atoms with Gasteiger partial charge >= 0.3 is 11.7 Å². The number of nitrogens with zero attached hydrogens (tertiary/aromatic N) is 1. The van der Waals surface area contributed by atoms with Crippen molar-refractivity contribution >= 4 is 33.7 Å². The van der Waals surface area contributed by atoms with Gasteiger partial charge in [0.05, 0.1) is 10.9 Å². The van der Waals surface area contributed by atoms with Crippen molar-refractivity contribution in [3.8, 4) is 0 Å². The maximum absolute atomic E-state index is 13.7. The number of aromatic amines is 2. The van der Waals surface area contributed by atoms with Gasteiger partial charge in [0.25, 0.3) is 5.56 Å². The Morgan fingerprint density at radius 2 is 1.49 bits per heavy atom. The molecule has 2 aromatic heterocycles. The van der Waals surface area contributed by atoms with E-state index in [1.807, 2.05) is 30.3 Å². The standard InChI is InChI=1S/C28H24N4O5/c33-25(30-23(27(35)36)14-17-8-2-1-3-9-17)24(15-18-16-29-21-12-6-4-10-19(18)21)32-26(34)20-11-5-7-13-22(20)31-28(32)37/h1-13,16,23-24,29H,14-15H2,(H,30,33)(H,31,37)(H,35,36). The fourth-order valence-electron chi connectivity index (χ4n) is 4.59. The monoisotopic (exact) mass is 496 g/mol. The predicted molar refractivity (Wildman–Crippen MR) is 140 cm³/mol. The third-order valence-corrected chi connectivity index (χ3v) is 6.44. The van der Waals surface area contributed by atoms with Crippen molar-refractivity contribution in [3.63, 3.8) is 0 Å². The zero-order chi connectivity index (χ0) is 25.9. The number of carboxylic acid groups (broad SMARTS) is 1. The number of carboxylic acids is 1. The molecule has 0 saturated heterocycles. The minimum atomic E-state index is -1.29. The van der Waals surface area contributed by atoms with Gasteiger partial charge < -0.3 is 20.4 Å². The first-order valence-electron chi connectivity index (χ1n) is 11.8. The Labute approximate surface area is 210 Å². The van der Waals surface area contributed by atoms with Crippen LogP contribution in [0.1, 0.15) is 17.2 Å². The van der Waals surface area contributed by atoms with E-state index in [1.165, 1.54) is 0 Å². The van der Waals surface area contributed by atoms with E-state index in [2.05, 4.69) is 15.3 Å². The van der Waals surface area contributed by atoms with Crippen molar-refractivity contribution in [2.24, 2.45) is 0 Å².